The van der Waals surface area contributed by atoms with Crippen LogP contribution in [0.4, 0.5) is 4.39 Å². The van der Waals surface area contributed by atoms with Crippen molar-refractivity contribution in [1.82, 2.24) is 5.32 Å². The summed E-state index contributed by atoms with van der Waals surface area (Å²) in [5, 5.41) is 2.52. The van der Waals surface area contributed by atoms with Gasteiger partial charge in [0.05, 0.1) is 0 Å². The molecule has 82 valence electrons. The zero-order valence-corrected chi connectivity index (χ0v) is 9.14. The van der Waals surface area contributed by atoms with Crippen molar-refractivity contribution in [3.63, 3.8) is 0 Å². The van der Waals surface area contributed by atoms with E-state index in [1.54, 1.807) is 19.2 Å². The average molecular weight is 209 g/mol. The number of carbonyl (C=O) groups excluding carboxylic acids is 1. The molecule has 2 nitrogen and oxygen atoms in total. The van der Waals surface area contributed by atoms with Crippen molar-refractivity contribution in [3.8, 4) is 0 Å². The summed E-state index contributed by atoms with van der Waals surface area (Å²) in [5.74, 6) is -0.271. The third-order valence-corrected chi connectivity index (χ3v) is 2.43. The minimum absolute atomic E-state index is 0.0611. The third kappa shape index (κ3) is 3.35. The number of rotatable bonds is 4. The Morgan fingerprint density at radius 3 is 2.73 bits per heavy atom. The summed E-state index contributed by atoms with van der Waals surface area (Å²) in [5.41, 5.74) is 1.59. The predicted molar refractivity (Wildman–Crippen MR) is 58.2 cm³/mol. The quantitative estimate of drug-likeness (QED) is 0.808. The molecular weight excluding hydrogens is 193 g/mol. The normalized spacial score (nSPS) is 10.1. The molecule has 0 atom stereocenters. The second-order valence-corrected chi connectivity index (χ2v) is 3.45. The number of nitrogens with one attached hydrogen (secondary N) is 1. The molecule has 1 aromatic rings. The van der Waals surface area contributed by atoms with Crippen molar-refractivity contribution in [2.24, 2.45) is 0 Å². The maximum absolute atomic E-state index is 13.5. The first-order valence-corrected chi connectivity index (χ1v) is 5.15. The van der Waals surface area contributed by atoms with Crippen molar-refractivity contribution < 1.29 is 9.18 Å². The molecule has 0 unspecified atom stereocenters. The highest BCUT2D eigenvalue weighted by atomic mass is 19.1. The summed E-state index contributed by atoms with van der Waals surface area (Å²) in [4.78, 5) is 11.0. The molecule has 0 saturated heterocycles. The maximum atomic E-state index is 13.5. The predicted octanol–water partition coefficient (Wildman–Crippen LogP) is 2.07. The first-order valence-electron chi connectivity index (χ1n) is 5.15. The molecule has 0 bridgehead atoms. The van der Waals surface area contributed by atoms with Gasteiger partial charge in [0, 0.05) is 13.5 Å². The highest BCUT2D eigenvalue weighted by molar-refractivity contribution is 5.75. The zero-order valence-electron chi connectivity index (χ0n) is 9.14. The van der Waals surface area contributed by atoms with E-state index in [9.17, 15) is 9.18 Å². The Labute approximate surface area is 89.5 Å². The molecule has 1 aromatic carbocycles. The van der Waals surface area contributed by atoms with Crippen molar-refractivity contribution in [1.29, 1.82) is 0 Å². The van der Waals surface area contributed by atoms with Crippen LogP contribution >= 0.6 is 0 Å². The van der Waals surface area contributed by atoms with Crippen LogP contribution in [0.2, 0.25) is 0 Å². The summed E-state index contributed by atoms with van der Waals surface area (Å²) < 4.78 is 13.5. The SMILES string of the molecule is CCc1ccc(CCC(=O)NC)c(F)c1. The molecule has 0 aromatic heterocycles. The summed E-state index contributed by atoms with van der Waals surface area (Å²) >= 11 is 0. The van der Waals surface area contributed by atoms with E-state index in [4.69, 9.17) is 0 Å². The van der Waals surface area contributed by atoms with Crippen LogP contribution in [0.3, 0.4) is 0 Å². The molecule has 0 aliphatic rings. The van der Waals surface area contributed by atoms with Gasteiger partial charge in [0.25, 0.3) is 0 Å². The molecule has 0 aliphatic carbocycles. The van der Waals surface area contributed by atoms with Gasteiger partial charge in [-0.1, -0.05) is 19.1 Å². The Morgan fingerprint density at radius 2 is 2.20 bits per heavy atom. The lowest BCUT2D eigenvalue weighted by molar-refractivity contribution is -0.120. The van der Waals surface area contributed by atoms with E-state index in [0.717, 1.165) is 12.0 Å². The van der Waals surface area contributed by atoms with Crippen LogP contribution in [-0.2, 0) is 17.6 Å². The Kier molecular flexibility index (Phi) is 4.28. The van der Waals surface area contributed by atoms with Gasteiger partial charge in [-0.2, -0.15) is 0 Å². The lowest BCUT2D eigenvalue weighted by atomic mass is 10.1. The van der Waals surface area contributed by atoms with Gasteiger partial charge in [0.1, 0.15) is 5.82 Å². The molecule has 15 heavy (non-hydrogen) atoms. The molecular formula is C12H16FNO. The summed E-state index contributed by atoms with van der Waals surface area (Å²) in [7, 11) is 1.58. The topological polar surface area (TPSA) is 29.1 Å². The van der Waals surface area contributed by atoms with Gasteiger partial charge in [0.15, 0.2) is 0 Å². The largest absolute Gasteiger partial charge is 0.359 e. The summed E-state index contributed by atoms with van der Waals surface area (Å²) in [6, 6.07) is 5.21. The number of carbonyl (C=O) groups is 1. The number of halogens is 1. The van der Waals surface area contributed by atoms with E-state index in [1.807, 2.05) is 13.0 Å². The lowest BCUT2D eigenvalue weighted by Gasteiger charge is -2.04. The number of hydrogen-bond acceptors (Lipinski definition) is 1. The smallest absolute Gasteiger partial charge is 0.220 e. The number of aryl methyl sites for hydroxylation is 2. The molecule has 0 saturated carbocycles. The van der Waals surface area contributed by atoms with Crippen LogP contribution < -0.4 is 5.32 Å². The Balaban J connectivity index is 2.66. The standard InChI is InChI=1S/C12H16FNO/c1-3-9-4-5-10(11(13)8-9)6-7-12(15)14-2/h4-5,8H,3,6-7H2,1-2H3,(H,14,15). The monoisotopic (exact) mass is 209 g/mol. The summed E-state index contributed by atoms with van der Waals surface area (Å²) in [6.07, 6.45) is 1.61. The zero-order chi connectivity index (χ0) is 11.3. The second-order valence-electron chi connectivity index (χ2n) is 3.45. The van der Waals surface area contributed by atoms with E-state index in [0.29, 0.717) is 18.4 Å². The van der Waals surface area contributed by atoms with Crippen LogP contribution in [0.1, 0.15) is 24.5 Å². The van der Waals surface area contributed by atoms with Crippen molar-refractivity contribution in [3.05, 3.63) is 35.1 Å². The van der Waals surface area contributed by atoms with Gasteiger partial charge in [-0.15, -0.1) is 0 Å². The molecule has 0 heterocycles. The van der Waals surface area contributed by atoms with E-state index < -0.39 is 0 Å². The van der Waals surface area contributed by atoms with E-state index >= 15 is 0 Å². The molecule has 1 rings (SSSR count). The van der Waals surface area contributed by atoms with E-state index in [2.05, 4.69) is 5.32 Å². The molecule has 0 radical (unpaired) electrons. The second kappa shape index (κ2) is 5.49. The number of benzene rings is 1. The Hall–Kier alpha value is -1.38. The van der Waals surface area contributed by atoms with Crippen LogP contribution in [0, 0.1) is 5.82 Å². The summed E-state index contributed by atoms with van der Waals surface area (Å²) in [6.45, 7) is 1.99. The van der Waals surface area contributed by atoms with Gasteiger partial charge in [-0.05, 0) is 30.0 Å². The Bertz CT molecular complexity index is 349. The minimum atomic E-state index is -0.210. The highest BCUT2D eigenvalue weighted by Gasteiger charge is 2.05. The van der Waals surface area contributed by atoms with Crippen molar-refractivity contribution >= 4 is 5.91 Å². The Morgan fingerprint density at radius 1 is 1.47 bits per heavy atom. The van der Waals surface area contributed by atoms with Gasteiger partial charge >= 0.3 is 0 Å². The molecule has 1 N–H and O–H groups in total. The van der Waals surface area contributed by atoms with E-state index in [1.165, 1.54) is 0 Å². The first-order chi connectivity index (χ1) is 7.17. The molecule has 0 spiro atoms. The van der Waals surface area contributed by atoms with E-state index in [-0.39, 0.29) is 11.7 Å². The fraction of sp³-hybridized carbons (Fsp3) is 0.417. The van der Waals surface area contributed by atoms with Crippen molar-refractivity contribution in [2.45, 2.75) is 26.2 Å². The highest BCUT2D eigenvalue weighted by Crippen LogP contribution is 2.12. The molecule has 3 heteroatoms. The molecule has 1 amide bonds. The first kappa shape index (κ1) is 11.7. The molecule has 0 fully saturated rings. The fourth-order valence-corrected chi connectivity index (χ4v) is 1.39. The van der Waals surface area contributed by atoms with Gasteiger partial charge in [-0.3, -0.25) is 4.79 Å². The van der Waals surface area contributed by atoms with Crippen LogP contribution in [0.5, 0.6) is 0 Å². The minimum Gasteiger partial charge on any atom is -0.359 e. The van der Waals surface area contributed by atoms with Crippen molar-refractivity contribution in [2.75, 3.05) is 7.05 Å². The van der Waals surface area contributed by atoms with Crippen LogP contribution in [0.25, 0.3) is 0 Å². The van der Waals surface area contributed by atoms with Crippen LogP contribution in [-0.4, -0.2) is 13.0 Å². The van der Waals surface area contributed by atoms with Gasteiger partial charge in [0.2, 0.25) is 5.91 Å². The maximum Gasteiger partial charge on any atom is 0.220 e. The van der Waals surface area contributed by atoms with Gasteiger partial charge in [-0.25, -0.2) is 4.39 Å². The fourth-order valence-electron chi connectivity index (χ4n) is 1.39. The molecule has 0 aliphatic heterocycles. The number of hydrogen-bond donors (Lipinski definition) is 1. The van der Waals surface area contributed by atoms with Gasteiger partial charge < -0.3 is 5.32 Å². The average Bonchev–Trinajstić information content (AvgIpc) is 2.26. The lowest BCUT2D eigenvalue weighted by Crippen LogP contribution is -2.18. The third-order valence-electron chi connectivity index (χ3n) is 2.43. The number of amides is 1. The van der Waals surface area contributed by atoms with Crippen LogP contribution in [0.15, 0.2) is 18.2 Å².